The Morgan fingerprint density at radius 2 is 1.78 bits per heavy atom. The van der Waals surface area contributed by atoms with Gasteiger partial charge in [-0.25, -0.2) is 10.1 Å². The largest absolute Gasteiger partial charge is 0.488 e. The van der Waals surface area contributed by atoms with Crippen molar-refractivity contribution in [2.24, 2.45) is 5.10 Å². The van der Waals surface area contributed by atoms with Crippen molar-refractivity contribution in [2.75, 3.05) is 11.3 Å². The highest BCUT2D eigenvalue weighted by molar-refractivity contribution is 9.10. The van der Waals surface area contributed by atoms with E-state index >= 15 is 0 Å². The maximum Gasteiger partial charge on any atom is 0.264 e. The van der Waals surface area contributed by atoms with Crippen LogP contribution >= 0.6 is 27.7 Å². The summed E-state index contributed by atoms with van der Waals surface area (Å²) in [7, 11) is 0. The lowest BCUT2D eigenvalue weighted by Crippen LogP contribution is -2.13. The topological polar surface area (TPSA) is 90.3 Å². The molecule has 0 unspecified atom stereocenters. The molecule has 0 aliphatic heterocycles. The van der Waals surface area contributed by atoms with E-state index in [1.54, 1.807) is 6.21 Å². The highest BCUT2D eigenvalue weighted by Gasteiger charge is 2.10. The number of benzene rings is 3. The van der Waals surface area contributed by atoms with Crippen LogP contribution in [0.1, 0.15) is 16.7 Å². The first-order valence-electron chi connectivity index (χ1n) is 9.81. The minimum Gasteiger partial charge on any atom is -0.488 e. The van der Waals surface area contributed by atoms with Crippen LogP contribution in [-0.2, 0) is 12.4 Å². The first kappa shape index (κ1) is 21.9. The van der Waals surface area contributed by atoms with Gasteiger partial charge < -0.3 is 10.6 Å². The summed E-state index contributed by atoms with van der Waals surface area (Å²) in [6.45, 7) is 0.455. The number of hydrazone groups is 1. The van der Waals surface area contributed by atoms with Gasteiger partial charge in [-0.3, -0.25) is 0 Å². The molecule has 4 aromatic rings. The summed E-state index contributed by atoms with van der Waals surface area (Å²) in [5.41, 5.74) is 5.94. The molecule has 7 nitrogen and oxygen atoms in total. The molecular weight excluding hydrogens is 488 g/mol. The Morgan fingerprint density at radius 1 is 1.00 bits per heavy atom. The molecule has 0 bridgehead atoms. The number of rotatable bonds is 9. The van der Waals surface area contributed by atoms with Crippen molar-refractivity contribution in [1.82, 2.24) is 14.9 Å². The lowest BCUT2D eigenvalue weighted by molar-refractivity contribution is 0.305. The van der Waals surface area contributed by atoms with Gasteiger partial charge >= 0.3 is 0 Å². The molecule has 162 valence electrons. The van der Waals surface area contributed by atoms with Gasteiger partial charge in [0.05, 0.1) is 6.21 Å². The van der Waals surface area contributed by atoms with E-state index < -0.39 is 0 Å². The smallest absolute Gasteiger partial charge is 0.264 e. The molecule has 0 radical (unpaired) electrons. The van der Waals surface area contributed by atoms with Crippen molar-refractivity contribution in [1.29, 1.82) is 0 Å². The first-order valence-corrected chi connectivity index (χ1v) is 11.6. The van der Waals surface area contributed by atoms with E-state index in [2.05, 4.69) is 48.8 Å². The van der Waals surface area contributed by atoms with Crippen LogP contribution in [0.4, 0.5) is 5.95 Å². The molecule has 4 rings (SSSR count). The molecule has 3 N–H and O–H groups in total. The zero-order valence-electron chi connectivity index (χ0n) is 17.1. The van der Waals surface area contributed by atoms with Crippen molar-refractivity contribution in [2.45, 2.75) is 17.5 Å². The van der Waals surface area contributed by atoms with Crippen LogP contribution in [0.5, 0.6) is 5.75 Å². The summed E-state index contributed by atoms with van der Waals surface area (Å²) >= 11 is 4.99. The number of hydrogen-bond donors (Lipinski definition) is 2. The predicted octanol–water partition coefficient (Wildman–Crippen LogP) is 5.07. The first-order chi connectivity index (χ1) is 15.7. The number of para-hydroxylation sites is 1. The second-order valence-electron chi connectivity index (χ2n) is 6.78. The van der Waals surface area contributed by atoms with Crippen molar-refractivity contribution < 1.29 is 4.74 Å². The zero-order valence-corrected chi connectivity index (χ0v) is 19.5. The van der Waals surface area contributed by atoms with E-state index in [0.29, 0.717) is 17.7 Å². The molecule has 0 amide bonds. The molecule has 0 aliphatic carbocycles. The van der Waals surface area contributed by atoms with Gasteiger partial charge in [0.15, 0.2) is 0 Å². The maximum atomic E-state index is 6.11. The number of nitrogen functional groups attached to an aromatic ring is 1. The average molecular weight is 509 g/mol. The Balaban J connectivity index is 1.36. The maximum absolute atomic E-state index is 6.11. The molecule has 9 heteroatoms. The van der Waals surface area contributed by atoms with Crippen molar-refractivity contribution >= 4 is 39.9 Å². The molecule has 1 aromatic heterocycles. The van der Waals surface area contributed by atoms with Gasteiger partial charge in [0.1, 0.15) is 12.4 Å². The Labute approximate surface area is 198 Å². The molecule has 0 spiro atoms. The van der Waals surface area contributed by atoms with E-state index in [0.717, 1.165) is 27.1 Å². The number of hydrogen-bond acceptors (Lipinski definition) is 7. The average Bonchev–Trinajstić information content (AvgIpc) is 3.17. The predicted molar refractivity (Wildman–Crippen MR) is 132 cm³/mol. The van der Waals surface area contributed by atoms with Crippen LogP contribution in [0.25, 0.3) is 0 Å². The fraction of sp³-hybridized carbons (Fsp3) is 0.0870. The molecule has 0 aliphatic rings. The van der Waals surface area contributed by atoms with Gasteiger partial charge in [-0.2, -0.15) is 5.10 Å². The lowest BCUT2D eigenvalue weighted by Gasteiger charge is -2.09. The Hall–Kier alpha value is -3.30. The van der Waals surface area contributed by atoms with E-state index in [-0.39, 0.29) is 0 Å². The van der Waals surface area contributed by atoms with Crippen molar-refractivity contribution in [3.8, 4) is 5.75 Å². The van der Waals surface area contributed by atoms with E-state index in [1.807, 2.05) is 66.7 Å². The van der Waals surface area contributed by atoms with Crippen LogP contribution in [0.3, 0.4) is 0 Å². The minimum absolute atomic E-state index is 0.351. The van der Waals surface area contributed by atoms with Crippen molar-refractivity contribution in [3.05, 3.63) is 100 Å². The number of nitrogens with two attached hydrogens (primary N) is 1. The summed E-state index contributed by atoms with van der Waals surface area (Å²) in [5, 5.41) is 13.1. The van der Waals surface area contributed by atoms with Crippen LogP contribution in [0, 0.1) is 0 Å². The molecule has 32 heavy (non-hydrogen) atoms. The number of nitrogens with one attached hydrogen (secondary N) is 1. The SMILES string of the molecule is Nn1c(N/N=C/c2ccccc2OCc2cccc(Br)c2)nnc1SCc1ccccc1. The van der Waals surface area contributed by atoms with Crippen LogP contribution in [-0.4, -0.2) is 21.1 Å². The van der Waals surface area contributed by atoms with Crippen molar-refractivity contribution in [3.63, 3.8) is 0 Å². The molecule has 3 aromatic carbocycles. The third kappa shape index (κ3) is 5.89. The summed E-state index contributed by atoms with van der Waals surface area (Å²) in [5.74, 6) is 7.94. The molecular formula is C23H21BrN6OS. The second kappa shape index (κ2) is 10.8. The summed E-state index contributed by atoms with van der Waals surface area (Å²) < 4.78 is 8.39. The number of thioether (sulfide) groups is 1. The Morgan fingerprint density at radius 3 is 2.62 bits per heavy atom. The highest BCUT2D eigenvalue weighted by atomic mass is 79.9. The quantitative estimate of drug-likeness (QED) is 0.142. The zero-order chi connectivity index (χ0) is 22.2. The molecule has 0 saturated heterocycles. The van der Waals surface area contributed by atoms with E-state index in [4.69, 9.17) is 10.6 Å². The molecule has 0 fully saturated rings. The number of anilines is 1. The van der Waals surface area contributed by atoms with Gasteiger partial charge in [-0.1, -0.05) is 82.3 Å². The lowest BCUT2D eigenvalue weighted by atomic mass is 10.2. The van der Waals surface area contributed by atoms with Gasteiger partial charge in [0.2, 0.25) is 5.16 Å². The number of aromatic nitrogens is 3. The fourth-order valence-electron chi connectivity index (χ4n) is 2.84. The molecule has 1 heterocycles. The summed E-state index contributed by atoms with van der Waals surface area (Å²) in [6, 6.07) is 25.8. The number of halogens is 1. The number of ether oxygens (including phenoxy) is 1. The van der Waals surface area contributed by atoms with Gasteiger partial charge in [0.25, 0.3) is 5.95 Å². The van der Waals surface area contributed by atoms with E-state index in [1.165, 1.54) is 22.0 Å². The van der Waals surface area contributed by atoms with Crippen LogP contribution < -0.4 is 16.0 Å². The van der Waals surface area contributed by atoms with E-state index in [9.17, 15) is 0 Å². The van der Waals surface area contributed by atoms with Gasteiger partial charge in [0, 0.05) is 15.8 Å². The standard InChI is InChI=1S/C23H21BrN6OS/c24-20-11-6-9-18(13-20)15-31-21-12-5-4-10-19(21)14-26-27-22-28-29-23(30(22)25)32-16-17-7-2-1-3-8-17/h1-14H,15-16,25H2,(H,27,28)/b26-14+. The number of nitrogens with zero attached hydrogens (tertiary/aromatic N) is 4. The summed E-state index contributed by atoms with van der Waals surface area (Å²) in [6.07, 6.45) is 1.67. The van der Waals surface area contributed by atoms with Crippen LogP contribution in [0.2, 0.25) is 0 Å². The fourth-order valence-corrected chi connectivity index (χ4v) is 4.10. The van der Waals surface area contributed by atoms with Gasteiger partial charge in [-0.05, 0) is 35.4 Å². The second-order valence-corrected chi connectivity index (χ2v) is 8.64. The normalized spacial score (nSPS) is 11.0. The minimum atomic E-state index is 0.351. The molecule has 0 atom stereocenters. The monoisotopic (exact) mass is 508 g/mol. The Bertz CT molecular complexity index is 1200. The third-order valence-corrected chi connectivity index (χ3v) is 5.95. The third-order valence-electron chi connectivity index (χ3n) is 4.45. The highest BCUT2D eigenvalue weighted by Crippen LogP contribution is 2.22. The van der Waals surface area contributed by atoms with Gasteiger partial charge in [-0.15, -0.1) is 10.2 Å². The molecule has 0 saturated carbocycles. The van der Waals surface area contributed by atoms with Crippen LogP contribution in [0.15, 0.2) is 93.6 Å². The summed E-state index contributed by atoms with van der Waals surface area (Å²) in [4.78, 5) is 0. The Kier molecular flexibility index (Phi) is 7.42.